The molecule has 0 aliphatic carbocycles. The zero-order valence-electron chi connectivity index (χ0n) is 12.3. The van der Waals surface area contributed by atoms with Gasteiger partial charge < -0.3 is 10.1 Å². The number of hydrogen-bond donors (Lipinski definition) is 1. The summed E-state index contributed by atoms with van der Waals surface area (Å²) in [5.74, 6) is 0.695. The standard InChI is InChI=1S/C17H27NO/c1-3-18-16(17-14(2)12-13-19-17)11-7-10-15-8-5-4-6-9-15/h4-6,8-9,14,16-18H,3,7,10-13H2,1-2H3. The molecule has 1 aromatic carbocycles. The lowest BCUT2D eigenvalue weighted by Gasteiger charge is -2.27. The SMILES string of the molecule is CCNC(CCCc1ccccc1)C1OCCC1C. The molecule has 0 saturated carbocycles. The van der Waals surface area contributed by atoms with Crippen LogP contribution in [0.4, 0.5) is 0 Å². The Kier molecular flexibility index (Phi) is 5.87. The molecule has 1 aliphatic rings. The number of aryl methyl sites for hydroxylation is 1. The minimum absolute atomic E-state index is 0.413. The third-order valence-electron chi connectivity index (χ3n) is 4.13. The van der Waals surface area contributed by atoms with Crippen LogP contribution in [0, 0.1) is 5.92 Å². The molecule has 1 saturated heterocycles. The molecule has 2 heteroatoms. The molecule has 3 atom stereocenters. The van der Waals surface area contributed by atoms with Crippen LogP contribution in [-0.2, 0) is 11.2 Å². The van der Waals surface area contributed by atoms with E-state index in [1.54, 1.807) is 0 Å². The van der Waals surface area contributed by atoms with Gasteiger partial charge in [0, 0.05) is 12.6 Å². The lowest BCUT2D eigenvalue weighted by atomic mass is 9.93. The molecule has 1 heterocycles. The second kappa shape index (κ2) is 7.66. The van der Waals surface area contributed by atoms with Crippen molar-refractivity contribution in [1.82, 2.24) is 5.32 Å². The highest BCUT2D eigenvalue weighted by Crippen LogP contribution is 2.25. The Morgan fingerprint density at radius 3 is 2.74 bits per heavy atom. The molecule has 1 N–H and O–H groups in total. The maximum atomic E-state index is 5.92. The van der Waals surface area contributed by atoms with Crippen LogP contribution < -0.4 is 5.32 Å². The van der Waals surface area contributed by atoms with E-state index in [2.05, 4.69) is 49.5 Å². The molecule has 0 radical (unpaired) electrons. The van der Waals surface area contributed by atoms with Gasteiger partial charge in [-0.05, 0) is 43.7 Å². The molecular formula is C17H27NO. The number of hydrogen-bond acceptors (Lipinski definition) is 2. The first-order chi connectivity index (χ1) is 9.31. The Balaban J connectivity index is 1.80. The fourth-order valence-corrected chi connectivity index (χ4v) is 3.05. The Morgan fingerprint density at radius 1 is 1.32 bits per heavy atom. The van der Waals surface area contributed by atoms with E-state index < -0.39 is 0 Å². The molecule has 1 fully saturated rings. The van der Waals surface area contributed by atoms with Gasteiger partial charge in [-0.15, -0.1) is 0 Å². The summed E-state index contributed by atoms with van der Waals surface area (Å²) >= 11 is 0. The molecule has 0 aromatic heterocycles. The van der Waals surface area contributed by atoms with Gasteiger partial charge in [-0.1, -0.05) is 44.2 Å². The highest BCUT2D eigenvalue weighted by Gasteiger charge is 2.31. The molecule has 2 nitrogen and oxygen atoms in total. The van der Waals surface area contributed by atoms with Crippen molar-refractivity contribution in [2.24, 2.45) is 5.92 Å². The van der Waals surface area contributed by atoms with Crippen LogP contribution in [0.5, 0.6) is 0 Å². The largest absolute Gasteiger partial charge is 0.376 e. The number of ether oxygens (including phenoxy) is 1. The molecule has 106 valence electrons. The second-order valence-electron chi connectivity index (χ2n) is 5.64. The number of likely N-dealkylation sites (N-methyl/N-ethyl adjacent to an activating group) is 1. The highest BCUT2D eigenvalue weighted by molar-refractivity contribution is 5.14. The Labute approximate surface area is 117 Å². The lowest BCUT2D eigenvalue weighted by molar-refractivity contribution is 0.0581. The zero-order valence-corrected chi connectivity index (χ0v) is 12.3. The van der Waals surface area contributed by atoms with E-state index in [9.17, 15) is 0 Å². The highest BCUT2D eigenvalue weighted by atomic mass is 16.5. The van der Waals surface area contributed by atoms with Crippen molar-refractivity contribution >= 4 is 0 Å². The van der Waals surface area contributed by atoms with Crippen LogP contribution in [0.25, 0.3) is 0 Å². The summed E-state index contributed by atoms with van der Waals surface area (Å²) < 4.78 is 5.92. The summed E-state index contributed by atoms with van der Waals surface area (Å²) in [5.41, 5.74) is 1.44. The molecule has 0 amide bonds. The van der Waals surface area contributed by atoms with E-state index >= 15 is 0 Å². The van der Waals surface area contributed by atoms with Crippen molar-refractivity contribution in [3.05, 3.63) is 35.9 Å². The first kappa shape index (κ1) is 14.5. The third kappa shape index (κ3) is 4.32. The topological polar surface area (TPSA) is 21.3 Å². The summed E-state index contributed by atoms with van der Waals surface area (Å²) in [7, 11) is 0. The van der Waals surface area contributed by atoms with Crippen LogP contribution in [0.1, 0.15) is 38.7 Å². The quantitative estimate of drug-likeness (QED) is 0.812. The molecule has 0 bridgehead atoms. The molecule has 1 aliphatic heterocycles. The number of rotatable bonds is 7. The van der Waals surface area contributed by atoms with Gasteiger partial charge in [-0.2, -0.15) is 0 Å². The third-order valence-corrected chi connectivity index (χ3v) is 4.13. The van der Waals surface area contributed by atoms with Crippen LogP contribution in [0.15, 0.2) is 30.3 Å². The Morgan fingerprint density at radius 2 is 2.11 bits per heavy atom. The molecule has 2 rings (SSSR count). The van der Waals surface area contributed by atoms with Crippen LogP contribution in [-0.4, -0.2) is 25.3 Å². The summed E-state index contributed by atoms with van der Waals surface area (Å²) in [6.45, 7) is 6.47. The number of nitrogens with one attached hydrogen (secondary N) is 1. The summed E-state index contributed by atoms with van der Waals surface area (Å²) in [5, 5.41) is 3.62. The van der Waals surface area contributed by atoms with Gasteiger partial charge in [-0.3, -0.25) is 0 Å². The van der Waals surface area contributed by atoms with Gasteiger partial charge >= 0.3 is 0 Å². The minimum atomic E-state index is 0.413. The molecule has 3 unspecified atom stereocenters. The van der Waals surface area contributed by atoms with Gasteiger partial charge in [0.25, 0.3) is 0 Å². The lowest BCUT2D eigenvalue weighted by Crippen LogP contribution is -2.42. The normalized spacial score (nSPS) is 24.5. The van der Waals surface area contributed by atoms with E-state index in [-0.39, 0.29) is 0 Å². The fourth-order valence-electron chi connectivity index (χ4n) is 3.05. The van der Waals surface area contributed by atoms with Crippen molar-refractivity contribution in [3.63, 3.8) is 0 Å². The molecule has 0 spiro atoms. The van der Waals surface area contributed by atoms with Crippen molar-refractivity contribution in [2.75, 3.05) is 13.2 Å². The Bertz CT molecular complexity index is 352. The summed E-state index contributed by atoms with van der Waals surface area (Å²) in [6.07, 6.45) is 5.23. The van der Waals surface area contributed by atoms with Gasteiger partial charge in [0.15, 0.2) is 0 Å². The van der Waals surface area contributed by atoms with Crippen LogP contribution >= 0.6 is 0 Å². The van der Waals surface area contributed by atoms with Gasteiger partial charge in [-0.25, -0.2) is 0 Å². The van der Waals surface area contributed by atoms with Crippen molar-refractivity contribution in [2.45, 2.75) is 51.7 Å². The smallest absolute Gasteiger partial charge is 0.0754 e. The fraction of sp³-hybridized carbons (Fsp3) is 0.647. The Hall–Kier alpha value is -0.860. The predicted molar refractivity (Wildman–Crippen MR) is 80.4 cm³/mol. The van der Waals surface area contributed by atoms with E-state index in [0.717, 1.165) is 13.2 Å². The predicted octanol–water partition coefficient (Wildman–Crippen LogP) is 3.41. The van der Waals surface area contributed by atoms with E-state index in [0.29, 0.717) is 18.1 Å². The van der Waals surface area contributed by atoms with Crippen LogP contribution in [0.3, 0.4) is 0 Å². The van der Waals surface area contributed by atoms with E-state index in [1.165, 1.54) is 31.2 Å². The first-order valence-electron chi connectivity index (χ1n) is 7.70. The van der Waals surface area contributed by atoms with Crippen molar-refractivity contribution in [1.29, 1.82) is 0 Å². The van der Waals surface area contributed by atoms with E-state index in [4.69, 9.17) is 4.74 Å². The van der Waals surface area contributed by atoms with Crippen molar-refractivity contribution in [3.8, 4) is 0 Å². The summed E-state index contributed by atoms with van der Waals surface area (Å²) in [4.78, 5) is 0. The van der Waals surface area contributed by atoms with E-state index in [1.807, 2.05) is 0 Å². The molecule has 19 heavy (non-hydrogen) atoms. The first-order valence-corrected chi connectivity index (χ1v) is 7.70. The summed E-state index contributed by atoms with van der Waals surface area (Å²) in [6, 6.07) is 11.3. The maximum Gasteiger partial charge on any atom is 0.0754 e. The zero-order chi connectivity index (χ0) is 13.5. The van der Waals surface area contributed by atoms with Crippen LogP contribution in [0.2, 0.25) is 0 Å². The van der Waals surface area contributed by atoms with Crippen molar-refractivity contribution < 1.29 is 4.74 Å². The van der Waals surface area contributed by atoms with Gasteiger partial charge in [0.05, 0.1) is 6.10 Å². The minimum Gasteiger partial charge on any atom is -0.376 e. The average Bonchev–Trinajstić information content (AvgIpc) is 2.85. The number of benzene rings is 1. The monoisotopic (exact) mass is 261 g/mol. The average molecular weight is 261 g/mol. The molecular weight excluding hydrogens is 234 g/mol. The van der Waals surface area contributed by atoms with Gasteiger partial charge in [0.2, 0.25) is 0 Å². The molecule has 1 aromatic rings. The maximum absolute atomic E-state index is 5.92. The van der Waals surface area contributed by atoms with Gasteiger partial charge in [0.1, 0.15) is 0 Å². The second-order valence-corrected chi connectivity index (χ2v) is 5.64.